The van der Waals surface area contributed by atoms with Crippen molar-refractivity contribution in [2.75, 3.05) is 11.9 Å². The SMILES string of the molecule is C[C@@H](Nc1ncnc2cc(Cl)ccc12)C(=O)N1CC[C@@H]1C(F)F. The van der Waals surface area contributed by atoms with Gasteiger partial charge in [-0.05, 0) is 31.5 Å². The van der Waals surface area contributed by atoms with Crippen LogP contribution >= 0.6 is 11.6 Å². The normalized spacial score (nSPS) is 18.8. The van der Waals surface area contributed by atoms with E-state index in [4.69, 9.17) is 11.6 Å². The number of anilines is 1. The third kappa shape index (κ3) is 3.06. The van der Waals surface area contributed by atoms with Crippen molar-refractivity contribution >= 4 is 34.2 Å². The van der Waals surface area contributed by atoms with Gasteiger partial charge in [0.2, 0.25) is 5.91 Å². The Bertz CT molecular complexity index is 742. The molecule has 0 bridgehead atoms. The number of hydrogen-bond donors (Lipinski definition) is 1. The number of fused-ring (bicyclic) bond motifs is 1. The number of hydrogen-bond acceptors (Lipinski definition) is 4. The van der Waals surface area contributed by atoms with Gasteiger partial charge in [-0.2, -0.15) is 0 Å². The van der Waals surface area contributed by atoms with Gasteiger partial charge in [0.15, 0.2) is 0 Å². The molecule has 0 unspecified atom stereocenters. The molecule has 1 fully saturated rings. The third-order valence-corrected chi connectivity index (χ3v) is 4.20. The van der Waals surface area contributed by atoms with E-state index >= 15 is 0 Å². The third-order valence-electron chi connectivity index (χ3n) is 3.96. The molecule has 2 heterocycles. The van der Waals surface area contributed by atoms with Gasteiger partial charge in [-0.25, -0.2) is 18.7 Å². The van der Waals surface area contributed by atoms with Crippen LogP contribution in [0, 0.1) is 0 Å². The van der Waals surface area contributed by atoms with Crippen LogP contribution in [0.25, 0.3) is 10.9 Å². The molecule has 1 N–H and O–H groups in total. The van der Waals surface area contributed by atoms with Crippen molar-refractivity contribution in [2.45, 2.75) is 31.9 Å². The average Bonchev–Trinajstić information content (AvgIpc) is 2.45. The average molecular weight is 341 g/mol. The maximum Gasteiger partial charge on any atom is 0.258 e. The molecule has 1 saturated heterocycles. The molecule has 122 valence electrons. The van der Waals surface area contributed by atoms with Gasteiger partial charge in [-0.15, -0.1) is 0 Å². The van der Waals surface area contributed by atoms with Crippen LogP contribution in [0.3, 0.4) is 0 Å². The fourth-order valence-corrected chi connectivity index (χ4v) is 2.77. The fraction of sp³-hybridized carbons (Fsp3) is 0.400. The second-order valence-electron chi connectivity index (χ2n) is 5.47. The summed E-state index contributed by atoms with van der Waals surface area (Å²) in [5.41, 5.74) is 0.643. The van der Waals surface area contributed by atoms with Crippen LogP contribution in [0.1, 0.15) is 13.3 Å². The molecule has 1 aromatic carbocycles. The first-order valence-electron chi connectivity index (χ1n) is 7.23. The zero-order chi connectivity index (χ0) is 16.6. The van der Waals surface area contributed by atoms with E-state index < -0.39 is 18.5 Å². The van der Waals surface area contributed by atoms with Crippen molar-refractivity contribution < 1.29 is 13.6 Å². The summed E-state index contributed by atoms with van der Waals surface area (Å²) in [4.78, 5) is 21.8. The van der Waals surface area contributed by atoms with Gasteiger partial charge in [-0.3, -0.25) is 4.79 Å². The lowest BCUT2D eigenvalue weighted by molar-refractivity contribution is -0.146. The van der Waals surface area contributed by atoms with Crippen molar-refractivity contribution in [1.82, 2.24) is 14.9 Å². The highest BCUT2D eigenvalue weighted by molar-refractivity contribution is 6.31. The molecular weight excluding hydrogens is 326 g/mol. The number of nitrogens with zero attached hydrogens (tertiary/aromatic N) is 3. The van der Waals surface area contributed by atoms with Crippen molar-refractivity contribution in [3.63, 3.8) is 0 Å². The molecule has 0 aliphatic carbocycles. The standard InChI is InChI=1S/C15H15ClF2N4O/c1-8(15(23)22-5-4-12(22)13(17)18)21-14-10-3-2-9(16)6-11(10)19-7-20-14/h2-3,6-8,12-13H,4-5H2,1H3,(H,19,20,21)/t8-,12-/m1/s1. The lowest BCUT2D eigenvalue weighted by Gasteiger charge is -2.41. The molecule has 5 nitrogen and oxygen atoms in total. The van der Waals surface area contributed by atoms with E-state index in [-0.39, 0.29) is 5.91 Å². The van der Waals surface area contributed by atoms with E-state index in [2.05, 4.69) is 15.3 Å². The highest BCUT2D eigenvalue weighted by atomic mass is 35.5. The van der Waals surface area contributed by atoms with Crippen LogP contribution in [0.15, 0.2) is 24.5 Å². The number of alkyl halides is 2. The van der Waals surface area contributed by atoms with Crippen LogP contribution < -0.4 is 5.32 Å². The smallest absolute Gasteiger partial charge is 0.258 e. The number of rotatable bonds is 4. The van der Waals surface area contributed by atoms with Crippen LogP contribution in [0.5, 0.6) is 0 Å². The lowest BCUT2D eigenvalue weighted by atomic mass is 10.0. The van der Waals surface area contributed by atoms with Crippen molar-refractivity contribution in [3.8, 4) is 0 Å². The van der Waals surface area contributed by atoms with Gasteiger partial charge in [0.1, 0.15) is 18.2 Å². The van der Waals surface area contributed by atoms with Crippen molar-refractivity contribution in [1.29, 1.82) is 0 Å². The minimum atomic E-state index is -2.51. The van der Waals surface area contributed by atoms with Gasteiger partial charge in [0.05, 0.1) is 11.6 Å². The minimum absolute atomic E-state index is 0.338. The van der Waals surface area contributed by atoms with E-state index in [0.29, 0.717) is 34.7 Å². The molecule has 0 radical (unpaired) electrons. The first-order chi connectivity index (χ1) is 11.0. The molecule has 23 heavy (non-hydrogen) atoms. The Morgan fingerprint density at radius 3 is 2.87 bits per heavy atom. The molecule has 0 saturated carbocycles. The monoisotopic (exact) mass is 340 g/mol. The molecule has 1 aliphatic heterocycles. The molecular formula is C15H15ClF2N4O. The predicted octanol–water partition coefficient (Wildman–Crippen LogP) is 2.95. The molecule has 1 aliphatic rings. The molecule has 2 atom stereocenters. The van der Waals surface area contributed by atoms with Crippen LogP contribution in [-0.2, 0) is 4.79 Å². The maximum atomic E-state index is 12.8. The van der Waals surface area contributed by atoms with Crippen LogP contribution in [-0.4, -0.2) is 45.8 Å². The predicted molar refractivity (Wildman–Crippen MR) is 83.8 cm³/mol. The topological polar surface area (TPSA) is 58.1 Å². The number of carbonyl (C=O) groups excluding carboxylic acids is 1. The molecule has 2 aromatic rings. The number of halogens is 3. The van der Waals surface area contributed by atoms with Gasteiger partial charge in [-0.1, -0.05) is 11.6 Å². The first-order valence-corrected chi connectivity index (χ1v) is 7.60. The molecule has 8 heteroatoms. The fourth-order valence-electron chi connectivity index (χ4n) is 2.60. The number of amides is 1. The summed E-state index contributed by atoms with van der Waals surface area (Å²) in [6, 6.07) is 3.51. The van der Waals surface area contributed by atoms with Gasteiger partial charge in [0.25, 0.3) is 6.43 Å². The second-order valence-corrected chi connectivity index (χ2v) is 5.91. The lowest BCUT2D eigenvalue weighted by Crippen LogP contribution is -2.58. The number of likely N-dealkylation sites (tertiary alicyclic amines) is 1. The van der Waals surface area contributed by atoms with E-state index in [1.807, 2.05) is 0 Å². The Morgan fingerprint density at radius 1 is 1.43 bits per heavy atom. The minimum Gasteiger partial charge on any atom is -0.358 e. The number of carbonyl (C=O) groups is 1. The number of nitrogens with one attached hydrogen (secondary N) is 1. The Hall–Kier alpha value is -2.02. The second kappa shape index (κ2) is 6.23. The Balaban J connectivity index is 1.78. The van der Waals surface area contributed by atoms with E-state index in [1.165, 1.54) is 11.2 Å². The zero-order valence-corrected chi connectivity index (χ0v) is 13.1. The molecule has 1 amide bonds. The van der Waals surface area contributed by atoms with Gasteiger partial charge >= 0.3 is 0 Å². The first kappa shape index (κ1) is 15.9. The van der Waals surface area contributed by atoms with Crippen molar-refractivity contribution in [3.05, 3.63) is 29.5 Å². The summed E-state index contributed by atoms with van der Waals surface area (Å²) in [6.45, 7) is 1.99. The molecule has 1 aromatic heterocycles. The summed E-state index contributed by atoms with van der Waals surface area (Å²) >= 11 is 5.93. The highest BCUT2D eigenvalue weighted by Crippen LogP contribution is 2.26. The Kier molecular flexibility index (Phi) is 4.30. The summed E-state index contributed by atoms with van der Waals surface area (Å²) in [5.74, 6) is 0.115. The quantitative estimate of drug-likeness (QED) is 0.929. The van der Waals surface area contributed by atoms with Crippen LogP contribution in [0.4, 0.5) is 14.6 Å². The molecule has 0 spiro atoms. The highest BCUT2D eigenvalue weighted by Gasteiger charge is 2.40. The summed E-state index contributed by atoms with van der Waals surface area (Å²) in [6.07, 6.45) is -0.809. The van der Waals surface area contributed by atoms with E-state index in [0.717, 1.165) is 0 Å². The summed E-state index contributed by atoms with van der Waals surface area (Å²) in [5, 5.41) is 4.24. The van der Waals surface area contributed by atoms with Crippen LogP contribution in [0.2, 0.25) is 5.02 Å². The van der Waals surface area contributed by atoms with Gasteiger partial charge in [0, 0.05) is 17.0 Å². The zero-order valence-electron chi connectivity index (χ0n) is 12.3. The largest absolute Gasteiger partial charge is 0.358 e. The maximum absolute atomic E-state index is 12.8. The van der Waals surface area contributed by atoms with Crippen molar-refractivity contribution in [2.24, 2.45) is 0 Å². The number of aromatic nitrogens is 2. The summed E-state index contributed by atoms with van der Waals surface area (Å²) < 4.78 is 25.6. The number of benzene rings is 1. The Labute approximate surface area is 136 Å². The van der Waals surface area contributed by atoms with E-state index in [1.54, 1.807) is 25.1 Å². The van der Waals surface area contributed by atoms with Gasteiger partial charge < -0.3 is 10.2 Å². The summed E-state index contributed by atoms with van der Waals surface area (Å²) in [7, 11) is 0. The Morgan fingerprint density at radius 2 is 2.22 bits per heavy atom. The van der Waals surface area contributed by atoms with E-state index in [9.17, 15) is 13.6 Å². The molecule has 3 rings (SSSR count).